The summed E-state index contributed by atoms with van der Waals surface area (Å²) in [5.74, 6) is 1.86. The predicted molar refractivity (Wildman–Crippen MR) is 74.0 cm³/mol. The minimum absolute atomic E-state index is 0.681. The first-order valence-corrected chi connectivity index (χ1v) is 7.24. The summed E-state index contributed by atoms with van der Waals surface area (Å²) in [7, 11) is 0. The summed E-state index contributed by atoms with van der Waals surface area (Å²) in [4.78, 5) is 2.61. The van der Waals surface area contributed by atoms with Crippen molar-refractivity contribution in [2.45, 2.75) is 31.7 Å². The molecule has 0 radical (unpaired) electrons. The minimum atomic E-state index is 0.681. The van der Waals surface area contributed by atoms with E-state index in [1.807, 2.05) is 12.1 Å². The Hall–Kier alpha value is -1.53. The monoisotopic (exact) mass is 256 g/mol. The largest absolute Gasteiger partial charge is 0.494 e. The SMILES string of the molecule is N#Cc1ccc(OCCCN2CC3CCCC32)cc1. The zero-order valence-corrected chi connectivity index (χ0v) is 11.2. The molecule has 0 bridgehead atoms. The topological polar surface area (TPSA) is 36.3 Å². The van der Waals surface area contributed by atoms with Crippen LogP contribution >= 0.6 is 0 Å². The van der Waals surface area contributed by atoms with Gasteiger partial charge in [0.15, 0.2) is 0 Å². The summed E-state index contributed by atoms with van der Waals surface area (Å²) in [6.07, 6.45) is 5.36. The van der Waals surface area contributed by atoms with Crippen LogP contribution < -0.4 is 4.74 Å². The van der Waals surface area contributed by atoms with Crippen LogP contribution in [0.25, 0.3) is 0 Å². The molecule has 3 rings (SSSR count). The number of hydrogen-bond acceptors (Lipinski definition) is 3. The number of nitrogens with zero attached hydrogens (tertiary/aromatic N) is 2. The summed E-state index contributed by atoms with van der Waals surface area (Å²) in [5.41, 5.74) is 0.681. The minimum Gasteiger partial charge on any atom is -0.494 e. The molecule has 0 amide bonds. The molecular weight excluding hydrogens is 236 g/mol. The number of benzene rings is 1. The van der Waals surface area contributed by atoms with E-state index in [2.05, 4.69) is 11.0 Å². The van der Waals surface area contributed by atoms with Gasteiger partial charge in [0, 0.05) is 19.1 Å². The summed E-state index contributed by atoms with van der Waals surface area (Å²) in [6.45, 7) is 3.23. The molecule has 3 nitrogen and oxygen atoms in total. The first-order valence-electron chi connectivity index (χ1n) is 7.24. The first-order chi connectivity index (χ1) is 9.36. The molecule has 0 N–H and O–H groups in total. The zero-order valence-electron chi connectivity index (χ0n) is 11.2. The molecule has 1 aromatic rings. The van der Waals surface area contributed by atoms with Crippen molar-refractivity contribution < 1.29 is 4.74 Å². The van der Waals surface area contributed by atoms with Gasteiger partial charge in [-0.1, -0.05) is 6.42 Å². The molecule has 2 unspecified atom stereocenters. The Kier molecular flexibility index (Phi) is 3.70. The molecule has 1 aliphatic heterocycles. The zero-order chi connectivity index (χ0) is 13.1. The Labute approximate surface area is 114 Å². The van der Waals surface area contributed by atoms with E-state index >= 15 is 0 Å². The summed E-state index contributed by atoms with van der Waals surface area (Å²) < 4.78 is 5.70. The molecule has 1 aliphatic carbocycles. The molecule has 19 heavy (non-hydrogen) atoms. The molecule has 2 atom stereocenters. The van der Waals surface area contributed by atoms with Crippen molar-refractivity contribution in [2.24, 2.45) is 5.92 Å². The lowest BCUT2D eigenvalue weighted by molar-refractivity contribution is 0.0341. The van der Waals surface area contributed by atoms with Gasteiger partial charge in [-0.25, -0.2) is 0 Å². The molecule has 0 aromatic heterocycles. The molecular formula is C16H20N2O. The molecule has 1 saturated heterocycles. The summed E-state index contributed by atoms with van der Waals surface area (Å²) in [5, 5.41) is 8.72. The quantitative estimate of drug-likeness (QED) is 0.760. The Morgan fingerprint density at radius 3 is 2.84 bits per heavy atom. The van der Waals surface area contributed by atoms with Gasteiger partial charge in [0.05, 0.1) is 18.2 Å². The fourth-order valence-electron chi connectivity index (χ4n) is 3.35. The Balaban J connectivity index is 1.35. The van der Waals surface area contributed by atoms with Crippen molar-refractivity contribution in [3.05, 3.63) is 29.8 Å². The number of rotatable bonds is 5. The van der Waals surface area contributed by atoms with Gasteiger partial charge in [-0.2, -0.15) is 5.26 Å². The van der Waals surface area contributed by atoms with Crippen LogP contribution in [-0.2, 0) is 0 Å². The molecule has 1 saturated carbocycles. The number of ether oxygens (including phenoxy) is 1. The van der Waals surface area contributed by atoms with Crippen LogP contribution in [0.3, 0.4) is 0 Å². The van der Waals surface area contributed by atoms with E-state index < -0.39 is 0 Å². The van der Waals surface area contributed by atoms with Crippen LogP contribution in [0.2, 0.25) is 0 Å². The lowest BCUT2D eigenvalue weighted by Crippen LogP contribution is -2.53. The highest BCUT2D eigenvalue weighted by molar-refractivity contribution is 5.34. The molecule has 1 heterocycles. The van der Waals surface area contributed by atoms with E-state index in [0.29, 0.717) is 5.56 Å². The van der Waals surface area contributed by atoms with Crippen LogP contribution in [0.5, 0.6) is 5.75 Å². The van der Waals surface area contributed by atoms with Gasteiger partial charge in [-0.3, -0.25) is 4.90 Å². The molecule has 2 aliphatic rings. The fourth-order valence-corrected chi connectivity index (χ4v) is 3.35. The van der Waals surface area contributed by atoms with E-state index in [1.165, 1.54) is 25.8 Å². The normalized spacial score (nSPS) is 25.4. The van der Waals surface area contributed by atoms with Crippen LogP contribution in [-0.4, -0.2) is 30.6 Å². The van der Waals surface area contributed by atoms with Crippen molar-refractivity contribution in [3.8, 4) is 11.8 Å². The van der Waals surface area contributed by atoms with Crippen LogP contribution in [0.15, 0.2) is 24.3 Å². The van der Waals surface area contributed by atoms with Gasteiger partial charge in [-0.15, -0.1) is 0 Å². The second-order valence-electron chi connectivity index (χ2n) is 5.59. The maximum absolute atomic E-state index is 8.72. The van der Waals surface area contributed by atoms with Gasteiger partial charge >= 0.3 is 0 Å². The first kappa shape index (κ1) is 12.5. The highest BCUT2D eigenvalue weighted by atomic mass is 16.5. The number of hydrogen-bond donors (Lipinski definition) is 0. The van der Waals surface area contributed by atoms with Crippen LogP contribution in [0.4, 0.5) is 0 Å². The van der Waals surface area contributed by atoms with Crippen molar-refractivity contribution in [2.75, 3.05) is 19.7 Å². The van der Waals surface area contributed by atoms with Crippen molar-refractivity contribution in [1.29, 1.82) is 5.26 Å². The third-order valence-electron chi connectivity index (χ3n) is 4.40. The highest BCUT2D eigenvalue weighted by Crippen LogP contribution is 2.38. The Bertz CT molecular complexity index is 463. The smallest absolute Gasteiger partial charge is 0.119 e. The second-order valence-corrected chi connectivity index (χ2v) is 5.59. The Morgan fingerprint density at radius 2 is 2.11 bits per heavy atom. The Morgan fingerprint density at radius 1 is 1.26 bits per heavy atom. The lowest BCUT2D eigenvalue weighted by atomic mass is 9.92. The maximum atomic E-state index is 8.72. The standard InChI is InChI=1S/C16H20N2O/c17-11-13-5-7-15(8-6-13)19-10-2-9-18-12-14-3-1-4-16(14)18/h5-8,14,16H,1-4,9-10,12H2. The van der Waals surface area contributed by atoms with E-state index in [0.717, 1.165) is 37.3 Å². The maximum Gasteiger partial charge on any atom is 0.119 e. The van der Waals surface area contributed by atoms with Crippen LogP contribution in [0, 0.1) is 17.2 Å². The number of likely N-dealkylation sites (tertiary alicyclic amines) is 1. The molecule has 100 valence electrons. The third kappa shape index (κ3) is 2.74. The molecule has 2 fully saturated rings. The molecule has 0 spiro atoms. The van der Waals surface area contributed by atoms with Crippen molar-refractivity contribution >= 4 is 0 Å². The van der Waals surface area contributed by atoms with E-state index in [-0.39, 0.29) is 0 Å². The number of fused-ring (bicyclic) bond motifs is 1. The second kappa shape index (κ2) is 5.63. The predicted octanol–water partition coefficient (Wildman–Crippen LogP) is 2.81. The number of nitriles is 1. The molecule has 3 heteroatoms. The van der Waals surface area contributed by atoms with Gasteiger partial charge in [0.2, 0.25) is 0 Å². The summed E-state index contributed by atoms with van der Waals surface area (Å²) >= 11 is 0. The van der Waals surface area contributed by atoms with Gasteiger partial charge in [0.25, 0.3) is 0 Å². The average molecular weight is 256 g/mol. The highest BCUT2D eigenvalue weighted by Gasteiger charge is 2.41. The third-order valence-corrected chi connectivity index (χ3v) is 4.40. The lowest BCUT2D eigenvalue weighted by Gasteiger charge is -2.44. The van der Waals surface area contributed by atoms with E-state index in [4.69, 9.17) is 10.00 Å². The molecule has 1 aromatic carbocycles. The van der Waals surface area contributed by atoms with Gasteiger partial charge in [-0.05, 0) is 49.4 Å². The summed E-state index contributed by atoms with van der Waals surface area (Å²) in [6, 6.07) is 10.3. The van der Waals surface area contributed by atoms with Crippen LogP contribution in [0.1, 0.15) is 31.2 Å². The average Bonchev–Trinajstić information content (AvgIpc) is 2.80. The van der Waals surface area contributed by atoms with E-state index in [9.17, 15) is 0 Å². The van der Waals surface area contributed by atoms with Gasteiger partial charge in [0.1, 0.15) is 5.75 Å². The van der Waals surface area contributed by atoms with Gasteiger partial charge < -0.3 is 4.74 Å². The fraction of sp³-hybridized carbons (Fsp3) is 0.562. The van der Waals surface area contributed by atoms with Crippen molar-refractivity contribution in [3.63, 3.8) is 0 Å². The van der Waals surface area contributed by atoms with Crippen molar-refractivity contribution in [1.82, 2.24) is 4.90 Å². The van der Waals surface area contributed by atoms with E-state index in [1.54, 1.807) is 12.1 Å².